The molecule has 0 saturated heterocycles. The number of ether oxygens (including phenoxy) is 1. The second-order valence-corrected chi connectivity index (χ2v) is 8.96. The number of amides is 2. The Bertz CT molecular complexity index is 768. The maximum absolute atomic E-state index is 13.3. The normalized spacial score (nSPS) is 14.0. The average molecular weight is 447 g/mol. The molecule has 1 rings (SSSR count). The lowest BCUT2D eigenvalue weighted by Gasteiger charge is -2.29. The number of carbonyl (C=O) groups excluding carboxylic acids is 3. The molecule has 7 nitrogen and oxygen atoms in total. The van der Waals surface area contributed by atoms with Gasteiger partial charge in [-0.3, -0.25) is 14.4 Å². The van der Waals surface area contributed by atoms with Crippen molar-refractivity contribution in [2.45, 2.75) is 71.4 Å². The Balaban J connectivity index is 3.12. The summed E-state index contributed by atoms with van der Waals surface area (Å²) in [7, 11) is 1.50. The van der Waals surface area contributed by atoms with Crippen LogP contribution in [0.4, 0.5) is 0 Å². The smallest absolute Gasteiger partial charge is 0.310 e. The van der Waals surface area contributed by atoms with Crippen molar-refractivity contribution in [3.8, 4) is 5.75 Å². The highest BCUT2D eigenvalue weighted by atomic mass is 16.6. The highest BCUT2D eigenvalue weighted by Gasteiger charge is 2.36. The summed E-state index contributed by atoms with van der Waals surface area (Å²) >= 11 is 0. The van der Waals surface area contributed by atoms with Crippen LogP contribution in [0.5, 0.6) is 5.75 Å². The van der Waals surface area contributed by atoms with E-state index in [1.807, 2.05) is 6.92 Å². The van der Waals surface area contributed by atoms with Gasteiger partial charge in [0, 0.05) is 13.5 Å². The van der Waals surface area contributed by atoms with Crippen LogP contribution in [-0.4, -0.2) is 41.6 Å². The molecule has 7 heteroatoms. The molecule has 0 aliphatic heterocycles. The van der Waals surface area contributed by atoms with Crippen LogP contribution in [0.3, 0.4) is 0 Å². The van der Waals surface area contributed by atoms with Crippen LogP contribution in [0.2, 0.25) is 0 Å². The zero-order valence-electron chi connectivity index (χ0n) is 19.9. The van der Waals surface area contributed by atoms with Crippen molar-refractivity contribution in [2.24, 2.45) is 11.8 Å². The number of esters is 1. The third-order valence-electron chi connectivity index (χ3n) is 5.08. The summed E-state index contributed by atoms with van der Waals surface area (Å²) in [6.07, 6.45) is 4.32. The van der Waals surface area contributed by atoms with Gasteiger partial charge in [-0.05, 0) is 51.3 Å². The monoisotopic (exact) mass is 446 g/mol. The van der Waals surface area contributed by atoms with Crippen LogP contribution in [0.15, 0.2) is 36.9 Å². The van der Waals surface area contributed by atoms with Gasteiger partial charge >= 0.3 is 5.97 Å². The quantitative estimate of drug-likeness (QED) is 0.337. The molecule has 178 valence electrons. The molecule has 2 amide bonds. The minimum Gasteiger partial charge on any atom is -0.508 e. The first-order valence-corrected chi connectivity index (χ1v) is 11.2. The van der Waals surface area contributed by atoms with Gasteiger partial charge in [-0.15, -0.1) is 6.58 Å². The first-order valence-electron chi connectivity index (χ1n) is 11.2. The summed E-state index contributed by atoms with van der Waals surface area (Å²) in [5.74, 6) is -2.35. The Morgan fingerprint density at radius 2 is 1.75 bits per heavy atom. The summed E-state index contributed by atoms with van der Waals surface area (Å²) in [6, 6.07) is 5.63. The number of carbonyl (C=O) groups is 3. The number of allylic oxidation sites excluding steroid dienone is 1. The number of unbranched alkanes of at least 4 members (excludes halogenated alkanes) is 1. The fourth-order valence-corrected chi connectivity index (χ4v) is 3.45. The van der Waals surface area contributed by atoms with Gasteiger partial charge in [-0.1, -0.05) is 38.0 Å². The summed E-state index contributed by atoms with van der Waals surface area (Å²) in [5.41, 5.74) is 0.118. The molecule has 0 saturated carbocycles. The lowest BCUT2D eigenvalue weighted by atomic mass is 9.84. The fraction of sp³-hybridized carbons (Fsp3) is 0.560. The number of rotatable bonds is 12. The molecule has 0 radical (unpaired) electrons. The first kappa shape index (κ1) is 27.2. The van der Waals surface area contributed by atoms with E-state index in [0.29, 0.717) is 12.8 Å². The van der Waals surface area contributed by atoms with E-state index < -0.39 is 29.4 Å². The number of phenols is 1. The summed E-state index contributed by atoms with van der Waals surface area (Å²) in [4.78, 5) is 38.7. The third-order valence-corrected chi connectivity index (χ3v) is 5.08. The Morgan fingerprint density at radius 3 is 2.25 bits per heavy atom. The fourth-order valence-electron chi connectivity index (χ4n) is 3.45. The molecule has 0 aliphatic rings. The van der Waals surface area contributed by atoms with Gasteiger partial charge in [-0.25, -0.2) is 0 Å². The van der Waals surface area contributed by atoms with E-state index in [1.54, 1.807) is 39.0 Å². The van der Waals surface area contributed by atoms with Crippen LogP contribution in [-0.2, 0) is 25.5 Å². The van der Waals surface area contributed by atoms with Gasteiger partial charge in [0.1, 0.15) is 17.4 Å². The second kappa shape index (κ2) is 12.9. The Labute approximate surface area is 191 Å². The highest BCUT2D eigenvalue weighted by Crippen LogP contribution is 2.27. The topological polar surface area (TPSA) is 105 Å². The molecule has 3 atom stereocenters. The number of nitrogens with one attached hydrogen (secondary N) is 2. The van der Waals surface area contributed by atoms with E-state index in [9.17, 15) is 19.5 Å². The van der Waals surface area contributed by atoms with Gasteiger partial charge in [0.15, 0.2) is 0 Å². The molecular weight excluding hydrogens is 408 g/mol. The molecule has 0 bridgehead atoms. The van der Waals surface area contributed by atoms with E-state index in [0.717, 1.165) is 18.4 Å². The third kappa shape index (κ3) is 9.12. The summed E-state index contributed by atoms with van der Waals surface area (Å²) in [6.45, 7) is 11.2. The van der Waals surface area contributed by atoms with Gasteiger partial charge < -0.3 is 20.5 Å². The lowest BCUT2D eigenvalue weighted by molar-refractivity contribution is -0.164. The number of phenolic OH excluding ortho intramolecular Hbond substituents is 1. The Kier molecular flexibility index (Phi) is 11.0. The predicted octanol–water partition coefficient (Wildman–Crippen LogP) is 3.51. The maximum Gasteiger partial charge on any atom is 0.310 e. The molecule has 1 aromatic rings. The molecule has 0 aliphatic carbocycles. The van der Waals surface area contributed by atoms with Crippen LogP contribution in [0, 0.1) is 11.8 Å². The summed E-state index contributed by atoms with van der Waals surface area (Å²) < 4.78 is 5.60. The highest BCUT2D eigenvalue weighted by molar-refractivity contribution is 5.91. The SMILES string of the molecule is C=CC[C@@H](C(=O)N[C@@H](Cc1ccc(O)cc1)C(=O)NC)[C@H](CCCC)C(=O)OC(C)(C)C. The van der Waals surface area contributed by atoms with Gasteiger partial charge in [0.25, 0.3) is 0 Å². The molecule has 0 aromatic heterocycles. The molecular formula is C25H38N2O5. The van der Waals surface area contributed by atoms with E-state index in [1.165, 1.54) is 19.2 Å². The van der Waals surface area contributed by atoms with Gasteiger partial charge in [0.05, 0.1) is 11.8 Å². The Hall–Kier alpha value is -2.83. The lowest BCUT2D eigenvalue weighted by Crippen LogP contribution is -2.50. The zero-order valence-corrected chi connectivity index (χ0v) is 19.9. The van der Waals surface area contributed by atoms with E-state index in [4.69, 9.17) is 4.74 Å². The second-order valence-electron chi connectivity index (χ2n) is 8.96. The van der Waals surface area contributed by atoms with Crippen molar-refractivity contribution in [2.75, 3.05) is 7.05 Å². The van der Waals surface area contributed by atoms with E-state index in [2.05, 4.69) is 17.2 Å². The first-order chi connectivity index (χ1) is 15.0. The number of aromatic hydroxyl groups is 1. The molecule has 0 fully saturated rings. The largest absolute Gasteiger partial charge is 0.508 e. The van der Waals surface area contributed by atoms with Crippen molar-refractivity contribution < 1.29 is 24.2 Å². The van der Waals surface area contributed by atoms with Crippen molar-refractivity contribution in [1.82, 2.24) is 10.6 Å². The minimum atomic E-state index is -0.824. The van der Waals surface area contributed by atoms with Crippen molar-refractivity contribution in [3.63, 3.8) is 0 Å². The molecule has 3 N–H and O–H groups in total. The molecule has 32 heavy (non-hydrogen) atoms. The number of hydrogen-bond donors (Lipinski definition) is 3. The molecule has 0 heterocycles. The number of benzene rings is 1. The van der Waals surface area contributed by atoms with Crippen LogP contribution >= 0.6 is 0 Å². The van der Waals surface area contributed by atoms with Gasteiger partial charge in [0.2, 0.25) is 11.8 Å². The van der Waals surface area contributed by atoms with Crippen molar-refractivity contribution in [1.29, 1.82) is 0 Å². The zero-order chi connectivity index (χ0) is 24.3. The Morgan fingerprint density at radius 1 is 1.12 bits per heavy atom. The van der Waals surface area contributed by atoms with Crippen LogP contribution in [0.25, 0.3) is 0 Å². The standard InChI is InChI=1S/C25H38N2O5/c1-7-9-11-20(24(31)32-25(3,4)5)19(10-8-2)22(29)27-21(23(30)26-6)16-17-12-14-18(28)15-13-17/h8,12-15,19-21,28H,2,7,9-11,16H2,1,3-6H3,(H,26,30)(H,27,29)/t19-,20+,21+/m1/s1. The summed E-state index contributed by atoms with van der Waals surface area (Å²) in [5, 5.41) is 14.9. The number of hydrogen-bond acceptors (Lipinski definition) is 5. The van der Waals surface area contributed by atoms with Crippen LogP contribution in [0.1, 0.15) is 58.9 Å². The van der Waals surface area contributed by atoms with E-state index in [-0.39, 0.29) is 24.0 Å². The molecule has 1 aromatic carbocycles. The molecule has 0 unspecified atom stereocenters. The van der Waals surface area contributed by atoms with E-state index >= 15 is 0 Å². The van der Waals surface area contributed by atoms with Crippen LogP contribution < -0.4 is 10.6 Å². The minimum absolute atomic E-state index is 0.122. The van der Waals surface area contributed by atoms with Gasteiger partial charge in [-0.2, -0.15) is 0 Å². The average Bonchev–Trinajstić information content (AvgIpc) is 2.72. The molecule has 0 spiro atoms. The number of likely N-dealkylation sites (N-methyl/N-ethyl adjacent to an activating group) is 1. The predicted molar refractivity (Wildman–Crippen MR) is 125 cm³/mol. The van der Waals surface area contributed by atoms with Crippen molar-refractivity contribution in [3.05, 3.63) is 42.5 Å². The van der Waals surface area contributed by atoms with Crippen molar-refractivity contribution >= 4 is 17.8 Å². The maximum atomic E-state index is 13.3.